The Morgan fingerprint density at radius 2 is 1.60 bits per heavy atom. The minimum absolute atomic E-state index is 0.131. The number of aryl methyl sites for hydroxylation is 2. The van der Waals surface area contributed by atoms with Gasteiger partial charge in [-0.25, -0.2) is 8.42 Å². The standard InChI is InChI=1S/C27H39N3O4S/c1-20(2)18-28-27(32)23(5)29(19-24-11-8-7-10-22(24)4)26(31)12-9-17-30(35(6,33)34)25-15-13-21(3)14-16-25/h7-8,10-11,13-16,20,23H,9,12,17-19H2,1-6H3,(H,28,32)/t23-/m1/s1. The molecular formula is C27H39N3O4S. The topological polar surface area (TPSA) is 86.8 Å². The van der Waals surface area contributed by atoms with Crippen molar-refractivity contribution >= 4 is 27.5 Å². The van der Waals surface area contributed by atoms with Gasteiger partial charge in [0, 0.05) is 26.1 Å². The molecule has 0 unspecified atom stereocenters. The number of amides is 2. The number of carbonyl (C=O) groups excluding carboxylic acids is 2. The van der Waals surface area contributed by atoms with Crippen LogP contribution in [0, 0.1) is 19.8 Å². The van der Waals surface area contributed by atoms with Crippen LogP contribution in [0.5, 0.6) is 0 Å². The van der Waals surface area contributed by atoms with Crippen molar-refractivity contribution in [3.63, 3.8) is 0 Å². The van der Waals surface area contributed by atoms with E-state index in [0.717, 1.165) is 16.7 Å². The quantitative estimate of drug-likeness (QED) is 0.476. The van der Waals surface area contributed by atoms with Crippen molar-refractivity contribution in [3.8, 4) is 0 Å². The highest BCUT2D eigenvalue weighted by Gasteiger charge is 2.27. The van der Waals surface area contributed by atoms with Crippen LogP contribution in [0.25, 0.3) is 0 Å². The van der Waals surface area contributed by atoms with Crippen LogP contribution in [-0.4, -0.2) is 50.5 Å². The fourth-order valence-corrected chi connectivity index (χ4v) is 4.69. The smallest absolute Gasteiger partial charge is 0.242 e. The average molecular weight is 502 g/mol. The van der Waals surface area contributed by atoms with E-state index in [2.05, 4.69) is 5.32 Å². The van der Waals surface area contributed by atoms with Gasteiger partial charge in [0.2, 0.25) is 21.8 Å². The summed E-state index contributed by atoms with van der Waals surface area (Å²) in [4.78, 5) is 27.7. The van der Waals surface area contributed by atoms with Gasteiger partial charge in [-0.3, -0.25) is 13.9 Å². The third-order valence-electron chi connectivity index (χ3n) is 5.93. The Balaban J connectivity index is 2.16. The van der Waals surface area contributed by atoms with Gasteiger partial charge in [-0.05, 0) is 56.4 Å². The van der Waals surface area contributed by atoms with Gasteiger partial charge in [0.05, 0.1) is 11.9 Å². The molecule has 2 aromatic rings. The summed E-state index contributed by atoms with van der Waals surface area (Å²) in [5.41, 5.74) is 3.63. The maximum absolute atomic E-state index is 13.3. The van der Waals surface area contributed by atoms with Crippen LogP contribution < -0.4 is 9.62 Å². The van der Waals surface area contributed by atoms with E-state index in [0.29, 0.717) is 31.1 Å². The number of hydrogen-bond donors (Lipinski definition) is 1. The van der Waals surface area contributed by atoms with E-state index in [1.54, 1.807) is 24.0 Å². The number of anilines is 1. The van der Waals surface area contributed by atoms with Gasteiger partial charge >= 0.3 is 0 Å². The zero-order valence-electron chi connectivity index (χ0n) is 21.7. The number of carbonyl (C=O) groups is 2. The van der Waals surface area contributed by atoms with Crippen molar-refractivity contribution in [1.29, 1.82) is 0 Å². The number of benzene rings is 2. The summed E-state index contributed by atoms with van der Waals surface area (Å²) >= 11 is 0. The zero-order chi connectivity index (χ0) is 26.2. The first-order valence-electron chi connectivity index (χ1n) is 12.1. The third-order valence-corrected chi connectivity index (χ3v) is 7.12. The lowest BCUT2D eigenvalue weighted by molar-refractivity contribution is -0.140. The SMILES string of the molecule is Cc1ccc(N(CCCC(=O)N(Cc2ccccc2C)[C@H](C)C(=O)NCC(C)C)S(C)(=O)=O)cc1. The Kier molecular flexibility index (Phi) is 10.3. The van der Waals surface area contributed by atoms with E-state index in [-0.39, 0.29) is 24.8 Å². The zero-order valence-corrected chi connectivity index (χ0v) is 22.6. The minimum Gasteiger partial charge on any atom is -0.354 e. The van der Waals surface area contributed by atoms with E-state index >= 15 is 0 Å². The molecule has 1 atom stereocenters. The predicted octanol–water partition coefficient (Wildman–Crippen LogP) is 4.04. The fraction of sp³-hybridized carbons (Fsp3) is 0.481. The minimum atomic E-state index is -3.50. The number of hydrogen-bond acceptors (Lipinski definition) is 4. The molecule has 7 nitrogen and oxygen atoms in total. The van der Waals surface area contributed by atoms with Crippen LogP contribution in [0.4, 0.5) is 5.69 Å². The molecule has 0 aliphatic heterocycles. The maximum atomic E-state index is 13.3. The number of nitrogens with one attached hydrogen (secondary N) is 1. The number of nitrogens with zero attached hydrogens (tertiary/aromatic N) is 2. The third kappa shape index (κ3) is 8.69. The molecule has 2 rings (SSSR count). The number of sulfonamides is 1. The maximum Gasteiger partial charge on any atom is 0.242 e. The van der Waals surface area contributed by atoms with Gasteiger partial charge in [-0.15, -0.1) is 0 Å². The average Bonchev–Trinajstić information content (AvgIpc) is 2.79. The van der Waals surface area contributed by atoms with E-state index in [4.69, 9.17) is 0 Å². The Morgan fingerprint density at radius 1 is 0.971 bits per heavy atom. The first-order valence-corrected chi connectivity index (χ1v) is 13.9. The Hall–Kier alpha value is -2.87. The molecule has 2 amide bonds. The highest BCUT2D eigenvalue weighted by Crippen LogP contribution is 2.20. The second-order valence-electron chi connectivity index (χ2n) is 9.54. The van der Waals surface area contributed by atoms with Crippen molar-refractivity contribution in [1.82, 2.24) is 10.2 Å². The Morgan fingerprint density at radius 3 is 2.17 bits per heavy atom. The molecule has 0 spiro atoms. The molecule has 0 heterocycles. The van der Waals surface area contributed by atoms with Gasteiger partial charge in [-0.2, -0.15) is 0 Å². The van der Waals surface area contributed by atoms with Crippen LogP contribution in [0.2, 0.25) is 0 Å². The molecule has 8 heteroatoms. The summed E-state index contributed by atoms with van der Waals surface area (Å²) < 4.78 is 26.1. The molecule has 0 fully saturated rings. The van der Waals surface area contributed by atoms with Crippen molar-refractivity contribution in [2.75, 3.05) is 23.7 Å². The molecule has 0 saturated carbocycles. The van der Waals surface area contributed by atoms with Crippen molar-refractivity contribution in [3.05, 3.63) is 65.2 Å². The molecule has 0 saturated heterocycles. The predicted molar refractivity (Wildman–Crippen MR) is 142 cm³/mol. The monoisotopic (exact) mass is 501 g/mol. The molecule has 0 aliphatic rings. The molecular weight excluding hydrogens is 462 g/mol. The second kappa shape index (κ2) is 12.7. The van der Waals surface area contributed by atoms with Crippen LogP contribution in [0.15, 0.2) is 48.5 Å². The highest BCUT2D eigenvalue weighted by molar-refractivity contribution is 7.92. The van der Waals surface area contributed by atoms with Crippen LogP contribution >= 0.6 is 0 Å². The molecule has 35 heavy (non-hydrogen) atoms. The molecule has 0 radical (unpaired) electrons. The highest BCUT2D eigenvalue weighted by atomic mass is 32.2. The van der Waals surface area contributed by atoms with Gasteiger partial charge in [0.25, 0.3) is 0 Å². The summed E-state index contributed by atoms with van der Waals surface area (Å²) in [6, 6.07) is 14.4. The fourth-order valence-electron chi connectivity index (χ4n) is 3.72. The van der Waals surface area contributed by atoms with Crippen LogP contribution in [0.3, 0.4) is 0 Å². The summed E-state index contributed by atoms with van der Waals surface area (Å²) in [7, 11) is -3.50. The first-order chi connectivity index (χ1) is 16.4. The van der Waals surface area contributed by atoms with Crippen molar-refractivity contribution < 1.29 is 18.0 Å². The lowest BCUT2D eigenvalue weighted by Gasteiger charge is -2.30. The molecule has 0 bridgehead atoms. The molecule has 192 valence electrons. The van der Waals surface area contributed by atoms with Gasteiger partial charge < -0.3 is 10.2 Å². The van der Waals surface area contributed by atoms with Gasteiger partial charge in [0.1, 0.15) is 6.04 Å². The summed E-state index contributed by atoms with van der Waals surface area (Å²) in [5, 5.41) is 2.92. The molecule has 1 N–H and O–H groups in total. The first kappa shape index (κ1) is 28.4. The summed E-state index contributed by atoms with van der Waals surface area (Å²) in [6.07, 6.45) is 1.64. The van der Waals surface area contributed by atoms with E-state index in [1.807, 2.05) is 64.1 Å². The largest absolute Gasteiger partial charge is 0.354 e. The Labute approximate surface area is 210 Å². The lowest BCUT2D eigenvalue weighted by Crippen LogP contribution is -2.48. The second-order valence-corrected chi connectivity index (χ2v) is 11.4. The Bertz CT molecular complexity index is 1100. The van der Waals surface area contributed by atoms with E-state index in [1.165, 1.54) is 10.6 Å². The molecule has 2 aromatic carbocycles. The lowest BCUT2D eigenvalue weighted by atomic mass is 10.1. The van der Waals surface area contributed by atoms with Gasteiger partial charge in [0.15, 0.2) is 0 Å². The van der Waals surface area contributed by atoms with E-state index in [9.17, 15) is 18.0 Å². The van der Waals surface area contributed by atoms with Crippen LogP contribution in [0.1, 0.15) is 50.3 Å². The molecule has 0 aromatic heterocycles. The van der Waals surface area contributed by atoms with Crippen LogP contribution in [-0.2, 0) is 26.2 Å². The number of rotatable bonds is 12. The van der Waals surface area contributed by atoms with Crippen molar-refractivity contribution in [2.24, 2.45) is 5.92 Å². The molecule has 0 aliphatic carbocycles. The summed E-state index contributed by atoms with van der Waals surface area (Å²) in [6.45, 7) is 10.7. The van der Waals surface area contributed by atoms with Gasteiger partial charge in [-0.1, -0.05) is 55.8 Å². The summed E-state index contributed by atoms with van der Waals surface area (Å²) in [5.74, 6) is -0.0775. The van der Waals surface area contributed by atoms with Crippen molar-refractivity contribution in [2.45, 2.75) is 60.0 Å². The van der Waals surface area contributed by atoms with E-state index < -0.39 is 16.1 Å². The normalized spacial score (nSPS) is 12.3.